The van der Waals surface area contributed by atoms with E-state index in [0.29, 0.717) is 18.4 Å². The molecule has 0 aliphatic carbocycles. The quantitative estimate of drug-likeness (QED) is 0.547. The zero-order valence-electron chi connectivity index (χ0n) is 18.0. The Hall–Kier alpha value is -2.38. The first kappa shape index (κ1) is 22.3. The van der Waals surface area contributed by atoms with E-state index in [0.717, 1.165) is 37.6 Å². The molecule has 2 atom stereocenters. The number of hydrogen-bond acceptors (Lipinski definition) is 3. The molecule has 0 radical (unpaired) electrons. The number of piperidine rings is 1. The molecule has 1 aliphatic heterocycles. The van der Waals surface area contributed by atoms with Gasteiger partial charge in [0.15, 0.2) is 5.96 Å². The third kappa shape index (κ3) is 5.40. The molecule has 162 valence electrons. The van der Waals surface area contributed by atoms with Crippen molar-refractivity contribution in [3.63, 3.8) is 0 Å². The Bertz CT molecular complexity index is 960. The predicted octanol–water partition coefficient (Wildman–Crippen LogP) is 3.19. The van der Waals surface area contributed by atoms with Crippen LogP contribution < -0.4 is 10.0 Å². The molecule has 6 nitrogen and oxygen atoms in total. The van der Waals surface area contributed by atoms with Gasteiger partial charge in [-0.3, -0.25) is 0 Å². The molecule has 0 spiro atoms. The third-order valence-corrected chi connectivity index (χ3v) is 7.07. The number of sulfonamides is 1. The Kier molecular flexibility index (Phi) is 7.50. The number of guanidine groups is 1. The fraction of sp³-hybridized carbons (Fsp3) is 0.435. The maximum atomic E-state index is 12.1. The smallest absolute Gasteiger partial charge is 0.240 e. The van der Waals surface area contributed by atoms with E-state index in [1.807, 2.05) is 6.07 Å². The molecule has 1 fully saturated rings. The van der Waals surface area contributed by atoms with Crippen molar-refractivity contribution in [2.24, 2.45) is 10.9 Å². The second-order valence-corrected chi connectivity index (χ2v) is 9.64. The van der Waals surface area contributed by atoms with Crippen LogP contribution in [0.1, 0.15) is 37.3 Å². The van der Waals surface area contributed by atoms with Crippen molar-refractivity contribution in [1.29, 1.82) is 0 Å². The van der Waals surface area contributed by atoms with Gasteiger partial charge in [-0.15, -0.1) is 0 Å². The third-order valence-electron chi connectivity index (χ3n) is 5.66. The minimum Gasteiger partial charge on any atom is -0.357 e. The molecule has 7 heteroatoms. The minimum absolute atomic E-state index is 0.264. The summed E-state index contributed by atoms with van der Waals surface area (Å²) >= 11 is 0. The van der Waals surface area contributed by atoms with E-state index in [4.69, 9.17) is 4.99 Å². The summed E-state index contributed by atoms with van der Waals surface area (Å²) in [6.07, 6.45) is 1.09. The number of hydrogen-bond donors (Lipinski definition) is 2. The molecule has 1 aliphatic rings. The van der Waals surface area contributed by atoms with Crippen LogP contribution in [0.4, 0.5) is 0 Å². The zero-order chi connectivity index (χ0) is 21.6. The van der Waals surface area contributed by atoms with E-state index < -0.39 is 10.0 Å². The zero-order valence-corrected chi connectivity index (χ0v) is 18.8. The Morgan fingerprint density at radius 3 is 2.60 bits per heavy atom. The monoisotopic (exact) mass is 428 g/mol. The van der Waals surface area contributed by atoms with E-state index in [2.05, 4.69) is 59.1 Å². The Morgan fingerprint density at radius 2 is 1.93 bits per heavy atom. The second-order valence-electron chi connectivity index (χ2n) is 7.75. The van der Waals surface area contributed by atoms with Crippen LogP contribution in [0.15, 0.2) is 64.5 Å². The Labute approximate surface area is 180 Å². The van der Waals surface area contributed by atoms with Crippen molar-refractivity contribution in [3.05, 3.63) is 65.7 Å². The summed E-state index contributed by atoms with van der Waals surface area (Å²) in [5.74, 6) is 1.97. The summed E-state index contributed by atoms with van der Waals surface area (Å²) in [4.78, 5) is 7.39. The molecule has 2 unspecified atom stereocenters. The fourth-order valence-electron chi connectivity index (χ4n) is 4.05. The second kappa shape index (κ2) is 10.1. The first-order valence-corrected chi connectivity index (χ1v) is 12.0. The average Bonchev–Trinajstić information content (AvgIpc) is 2.77. The van der Waals surface area contributed by atoms with Crippen molar-refractivity contribution in [3.8, 4) is 0 Å². The SMILES string of the molecule is CCNC(=NCc1cccc(S(=O)(=O)NC)c1)N1CCC(c2ccccc2)C(C)C1. The average molecular weight is 429 g/mol. The molecule has 2 aromatic carbocycles. The van der Waals surface area contributed by atoms with Gasteiger partial charge in [-0.25, -0.2) is 18.1 Å². The van der Waals surface area contributed by atoms with Gasteiger partial charge in [0, 0.05) is 19.6 Å². The molecule has 0 saturated carbocycles. The maximum absolute atomic E-state index is 12.1. The highest BCUT2D eigenvalue weighted by atomic mass is 32.2. The van der Waals surface area contributed by atoms with Crippen LogP contribution >= 0.6 is 0 Å². The lowest BCUT2D eigenvalue weighted by Crippen LogP contribution is -2.48. The number of nitrogens with zero attached hydrogens (tertiary/aromatic N) is 2. The van der Waals surface area contributed by atoms with Crippen LogP contribution in [0.5, 0.6) is 0 Å². The van der Waals surface area contributed by atoms with Gasteiger partial charge in [0.2, 0.25) is 10.0 Å². The van der Waals surface area contributed by atoms with Gasteiger partial charge in [0.25, 0.3) is 0 Å². The van der Waals surface area contributed by atoms with Crippen LogP contribution in [0, 0.1) is 5.92 Å². The molecule has 1 heterocycles. The normalized spacial score (nSPS) is 20.2. The van der Waals surface area contributed by atoms with Gasteiger partial charge in [-0.1, -0.05) is 49.4 Å². The highest BCUT2D eigenvalue weighted by Gasteiger charge is 2.28. The molecule has 0 amide bonds. The fourth-order valence-corrected chi connectivity index (χ4v) is 4.85. The molecule has 0 aromatic heterocycles. The molecule has 2 aromatic rings. The molecule has 2 N–H and O–H groups in total. The standard InChI is InChI=1S/C23H32N4O2S/c1-4-25-23(26-16-19-9-8-12-21(15-19)30(28,29)24-3)27-14-13-22(18(2)17-27)20-10-6-5-7-11-20/h5-12,15,18,22,24H,4,13-14,16-17H2,1-3H3,(H,25,26). The lowest BCUT2D eigenvalue weighted by molar-refractivity contribution is 0.234. The molecular weight excluding hydrogens is 396 g/mol. The minimum atomic E-state index is -3.45. The number of benzene rings is 2. The van der Waals surface area contributed by atoms with Gasteiger partial charge in [-0.05, 0) is 55.5 Å². The summed E-state index contributed by atoms with van der Waals surface area (Å²) in [6, 6.07) is 17.7. The summed E-state index contributed by atoms with van der Waals surface area (Å²) in [6.45, 7) is 7.49. The van der Waals surface area contributed by atoms with Crippen LogP contribution in [-0.4, -0.2) is 46.0 Å². The molecule has 1 saturated heterocycles. The van der Waals surface area contributed by atoms with E-state index >= 15 is 0 Å². The van der Waals surface area contributed by atoms with Gasteiger partial charge in [-0.2, -0.15) is 0 Å². The van der Waals surface area contributed by atoms with Crippen LogP contribution in [-0.2, 0) is 16.6 Å². The van der Waals surface area contributed by atoms with E-state index in [1.165, 1.54) is 12.6 Å². The van der Waals surface area contributed by atoms with Gasteiger partial charge in [0.05, 0.1) is 11.4 Å². The van der Waals surface area contributed by atoms with Gasteiger partial charge in [0.1, 0.15) is 0 Å². The number of nitrogens with one attached hydrogen (secondary N) is 2. The molecule has 0 bridgehead atoms. The Morgan fingerprint density at radius 1 is 1.17 bits per heavy atom. The summed E-state index contributed by atoms with van der Waals surface area (Å²) in [5, 5.41) is 3.40. The number of rotatable bonds is 6. The number of aliphatic imine (C=N–C) groups is 1. The predicted molar refractivity (Wildman–Crippen MR) is 122 cm³/mol. The van der Waals surface area contributed by atoms with E-state index in [-0.39, 0.29) is 4.90 Å². The van der Waals surface area contributed by atoms with Crippen LogP contribution in [0.3, 0.4) is 0 Å². The lowest BCUT2D eigenvalue weighted by atomic mass is 9.82. The summed E-state index contributed by atoms with van der Waals surface area (Å²) in [5.41, 5.74) is 2.28. The summed E-state index contributed by atoms with van der Waals surface area (Å²) in [7, 11) is -2.03. The van der Waals surface area contributed by atoms with Crippen molar-refractivity contribution in [2.75, 3.05) is 26.7 Å². The Balaban J connectivity index is 1.72. The highest BCUT2D eigenvalue weighted by Crippen LogP contribution is 2.32. The summed E-state index contributed by atoms with van der Waals surface area (Å²) < 4.78 is 26.5. The first-order chi connectivity index (χ1) is 14.4. The molecular formula is C23H32N4O2S. The number of likely N-dealkylation sites (tertiary alicyclic amines) is 1. The van der Waals surface area contributed by atoms with Crippen LogP contribution in [0.25, 0.3) is 0 Å². The van der Waals surface area contributed by atoms with Crippen molar-refractivity contribution < 1.29 is 8.42 Å². The van der Waals surface area contributed by atoms with Crippen molar-refractivity contribution in [1.82, 2.24) is 14.9 Å². The van der Waals surface area contributed by atoms with E-state index in [1.54, 1.807) is 18.2 Å². The molecule has 30 heavy (non-hydrogen) atoms. The van der Waals surface area contributed by atoms with Crippen molar-refractivity contribution in [2.45, 2.75) is 37.6 Å². The topological polar surface area (TPSA) is 73.8 Å². The largest absolute Gasteiger partial charge is 0.357 e. The first-order valence-electron chi connectivity index (χ1n) is 10.5. The maximum Gasteiger partial charge on any atom is 0.240 e. The van der Waals surface area contributed by atoms with E-state index in [9.17, 15) is 8.42 Å². The van der Waals surface area contributed by atoms with Gasteiger partial charge >= 0.3 is 0 Å². The highest BCUT2D eigenvalue weighted by molar-refractivity contribution is 7.89. The van der Waals surface area contributed by atoms with Gasteiger partial charge < -0.3 is 10.2 Å². The lowest BCUT2D eigenvalue weighted by Gasteiger charge is -2.39. The van der Waals surface area contributed by atoms with Crippen LogP contribution in [0.2, 0.25) is 0 Å². The van der Waals surface area contributed by atoms with Crippen molar-refractivity contribution >= 4 is 16.0 Å². The molecule has 3 rings (SSSR count).